The predicted molar refractivity (Wildman–Crippen MR) is 118 cm³/mol. The summed E-state index contributed by atoms with van der Waals surface area (Å²) < 4.78 is 13.4. The SMILES string of the molecule is Cc1cc(-c2nc3ccc(F)cc3c(=O)[nH]2)ccc1Cc1n[nH]c(=O)c2ccccc12. The molecule has 0 bridgehead atoms. The second kappa shape index (κ2) is 7.28. The van der Waals surface area contributed by atoms with E-state index in [0.29, 0.717) is 23.1 Å². The second-order valence-corrected chi connectivity index (χ2v) is 7.44. The van der Waals surface area contributed by atoms with E-state index in [0.717, 1.165) is 27.8 Å². The van der Waals surface area contributed by atoms with E-state index in [9.17, 15) is 14.0 Å². The molecule has 5 rings (SSSR count). The molecule has 31 heavy (non-hydrogen) atoms. The lowest BCUT2D eigenvalue weighted by Crippen LogP contribution is -2.11. The van der Waals surface area contributed by atoms with Gasteiger partial charge in [-0.15, -0.1) is 0 Å². The minimum Gasteiger partial charge on any atom is -0.306 e. The van der Waals surface area contributed by atoms with E-state index in [2.05, 4.69) is 20.2 Å². The number of benzene rings is 3. The van der Waals surface area contributed by atoms with Crippen LogP contribution in [-0.2, 0) is 6.42 Å². The van der Waals surface area contributed by atoms with Gasteiger partial charge in [-0.05, 0) is 48.4 Å². The van der Waals surface area contributed by atoms with Crippen molar-refractivity contribution in [3.05, 3.63) is 104 Å². The fraction of sp³-hybridized carbons (Fsp3) is 0.0833. The van der Waals surface area contributed by atoms with E-state index in [1.807, 2.05) is 43.3 Å². The maximum absolute atomic E-state index is 13.4. The summed E-state index contributed by atoms with van der Waals surface area (Å²) in [7, 11) is 0. The molecule has 152 valence electrons. The Bertz CT molecular complexity index is 1590. The van der Waals surface area contributed by atoms with E-state index in [-0.39, 0.29) is 16.5 Å². The number of nitrogens with one attached hydrogen (secondary N) is 2. The lowest BCUT2D eigenvalue weighted by Gasteiger charge is -2.10. The van der Waals surface area contributed by atoms with Gasteiger partial charge < -0.3 is 4.98 Å². The number of fused-ring (bicyclic) bond motifs is 2. The van der Waals surface area contributed by atoms with Crippen LogP contribution in [0.25, 0.3) is 33.1 Å². The van der Waals surface area contributed by atoms with Gasteiger partial charge in [-0.3, -0.25) is 9.59 Å². The molecule has 0 aliphatic rings. The predicted octanol–water partition coefficient (Wildman–Crippen LogP) is 3.86. The van der Waals surface area contributed by atoms with Crippen LogP contribution in [0.3, 0.4) is 0 Å². The van der Waals surface area contributed by atoms with E-state index in [1.165, 1.54) is 18.2 Å². The molecule has 0 aliphatic heterocycles. The van der Waals surface area contributed by atoms with E-state index in [4.69, 9.17) is 0 Å². The Morgan fingerprint density at radius 3 is 2.52 bits per heavy atom. The number of hydrogen-bond acceptors (Lipinski definition) is 4. The Labute approximate surface area is 175 Å². The van der Waals surface area contributed by atoms with Crippen molar-refractivity contribution in [2.75, 3.05) is 0 Å². The number of aromatic amines is 2. The molecule has 0 saturated carbocycles. The maximum atomic E-state index is 13.4. The van der Waals surface area contributed by atoms with Gasteiger partial charge in [0.25, 0.3) is 11.1 Å². The van der Waals surface area contributed by atoms with Gasteiger partial charge in [-0.1, -0.05) is 30.3 Å². The van der Waals surface area contributed by atoms with Gasteiger partial charge >= 0.3 is 0 Å². The molecule has 3 aromatic carbocycles. The summed E-state index contributed by atoms with van der Waals surface area (Å²) in [4.78, 5) is 31.6. The standard InChI is InChI=1S/C24H17FN4O2/c1-13-10-15(22-26-20-9-8-16(25)12-19(20)23(30)27-22)7-6-14(13)11-21-17-4-2-3-5-18(17)24(31)29-28-21/h2-10,12H,11H2,1H3,(H,29,31)(H,26,27,30). The lowest BCUT2D eigenvalue weighted by molar-refractivity contribution is 0.629. The van der Waals surface area contributed by atoms with E-state index >= 15 is 0 Å². The molecule has 6 nitrogen and oxygen atoms in total. The quantitative estimate of drug-likeness (QED) is 0.471. The van der Waals surface area contributed by atoms with Crippen molar-refractivity contribution < 1.29 is 4.39 Å². The number of hydrogen-bond donors (Lipinski definition) is 2. The average molecular weight is 412 g/mol. The zero-order chi connectivity index (χ0) is 21.5. The molecule has 2 aromatic heterocycles. The first-order chi connectivity index (χ1) is 15.0. The lowest BCUT2D eigenvalue weighted by atomic mass is 9.98. The molecule has 0 saturated heterocycles. The summed E-state index contributed by atoms with van der Waals surface area (Å²) in [6.45, 7) is 1.97. The molecule has 0 radical (unpaired) electrons. The Morgan fingerprint density at radius 1 is 0.903 bits per heavy atom. The van der Waals surface area contributed by atoms with Crippen molar-refractivity contribution >= 4 is 21.7 Å². The monoisotopic (exact) mass is 412 g/mol. The summed E-state index contributed by atoms with van der Waals surface area (Å²) in [5, 5.41) is 8.46. The first kappa shape index (κ1) is 18.9. The van der Waals surface area contributed by atoms with Crippen molar-refractivity contribution in [3.63, 3.8) is 0 Å². The number of nitrogens with zero attached hydrogens (tertiary/aromatic N) is 2. The molecule has 7 heteroatoms. The van der Waals surface area contributed by atoms with Gasteiger partial charge in [0, 0.05) is 17.4 Å². The minimum absolute atomic E-state index is 0.211. The highest BCUT2D eigenvalue weighted by atomic mass is 19.1. The van der Waals surface area contributed by atoms with Crippen molar-refractivity contribution in [2.24, 2.45) is 0 Å². The number of aryl methyl sites for hydroxylation is 1. The molecule has 0 amide bonds. The number of rotatable bonds is 3. The molecule has 2 heterocycles. The molecule has 0 unspecified atom stereocenters. The first-order valence-electron chi connectivity index (χ1n) is 9.75. The minimum atomic E-state index is -0.476. The fourth-order valence-corrected chi connectivity index (χ4v) is 3.78. The molecule has 0 aliphatic carbocycles. The van der Waals surface area contributed by atoms with Crippen LogP contribution in [0.4, 0.5) is 4.39 Å². The third kappa shape index (κ3) is 3.40. The highest BCUT2D eigenvalue weighted by molar-refractivity contribution is 5.83. The van der Waals surface area contributed by atoms with Crippen LogP contribution in [0.15, 0.2) is 70.3 Å². The number of halogens is 1. The van der Waals surface area contributed by atoms with Crippen LogP contribution in [0.1, 0.15) is 16.8 Å². The molecule has 2 N–H and O–H groups in total. The normalized spacial score (nSPS) is 11.3. The first-order valence-corrected chi connectivity index (χ1v) is 9.75. The summed E-state index contributed by atoms with van der Waals surface area (Å²) in [5.41, 5.74) is 3.41. The average Bonchev–Trinajstić information content (AvgIpc) is 2.77. The highest BCUT2D eigenvalue weighted by Gasteiger charge is 2.11. The summed E-state index contributed by atoms with van der Waals surface area (Å²) >= 11 is 0. The van der Waals surface area contributed by atoms with Gasteiger partial charge in [-0.2, -0.15) is 5.10 Å². The zero-order valence-electron chi connectivity index (χ0n) is 16.6. The summed E-state index contributed by atoms with van der Waals surface area (Å²) in [6.07, 6.45) is 0.546. The van der Waals surface area contributed by atoms with Gasteiger partial charge in [0.05, 0.1) is 22.0 Å². The van der Waals surface area contributed by atoms with Crippen molar-refractivity contribution in [1.82, 2.24) is 20.2 Å². The Balaban J connectivity index is 1.54. The Hall–Kier alpha value is -4.13. The van der Waals surface area contributed by atoms with Crippen LogP contribution in [0.5, 0.6) is 0 Å². The molecule has 0 fully saturated rings. The fourth-order valence-electron chi connectivity index (χ4n) is 3.78. The van der Waals surface area contributed by atoms with Gasteiger partial charge in [0.2, 0.25) is 0 Å². The van der Waals surface area contributed by atoms with E-state index < -0.39 is 5.82 Å². The van der Waals surface area contributed by atoms with Crippen molar-refractivity contribution in [3.8, 4) is 11.4 Å². The highest BCUT2D eigenvalue weighted by Crippen LogP contribution is 2.23. The zero-order valence-corrected chi connectivity index (χ0v) is 16.6. The third-order valence-corrected chi connectivity index (χ3v) is 5.42. The smallest absolute Gasteiger partial charge is 0.272 e. The van der Waals surface area contributed by atoms with Crippen LogP contribution in [0, 0.1) is 12.7 Å². The number of aromatic nitrogens is 4. The molecule has 0 atom stereocenters. The topological polar surface area (TPSA) is 91.5 Å². The second-order valence-electron chi connectivity index (χ2n) is 7.44. The number of H-pyrrole nitrogens is 2. The molecule has 0 spiro atoms. The van der Waals surface area contributed by atoms with Crippen LogP contribution >= 0.6 is 0 Å². The van der Waals surface area contributed by atoms with Crippen molar-refractivity contribution in [1.29, 1.82) is 0 Å². The summed E-state index contributed by atoms with van der Waals surface area (Å²) in [5.74, 6) is -0.0532. The largest absolute Gasteiger partial charge is 0.306 e. The Morgan fingerprint density at radius 2 is 1.71 bits per heavy atom. The third-order valence-electron chi connectivity index (χ3n) is 5.42. The maximum Gasteiger partial charge on any atom is 0.272 e. The van der Waals surface area contributed by atoms with Gasteiger partial charge in [-0.25, -0.2) is 14.5 Å². The van der Waals surface area contributed by atoms with Crippen molar-refractivity contribution in [2.45, 2.75) is 13.3 Å². The van der Waals surface area contributed by atoms with E-state index in [1.54, 1.807) is 6.07 Å². The van der Waals surface area contributed by atoms with Gasteiger partial charge in [0.15, 0.2) is 0 Å². The van der Waals surface area contributed by atoms with Crippen LogP contribution in [-0.4, -0.2) is 20.2 Å². The molecule has 5 aromatic rings. The molecular weight excluding hydrogens is 395 g/mol. The summed E-state index contributed by atoms with van der Waals surface area (Å²) in [6, 6.07) is 17.1. The Kier molecular flexibility index (Phi) is 4.43. The molecular formula is C24H17FN4O2. The van der Waals surface area contributed by atoms with Crippen LogP contribution < -0.4 is 11.1 Å². The van der Waals surface area contributed by atoms with Gasteiger partial charge in [0.1, 0.15) is 11.6 Å². The van der Waals surface area contributed by atoms with Crippen LogP contribution in [0.2, 0.25) is 0 Å².